The van der Waals surface area contributed by atoms with Crippen molar-refractivity contribution in [2.24, 2.45) is 5.92 Å². The van der Waals surface area contributed by atoms with Crippen molar-refractivity contribution >= 4 is 11.6 Å². The summed E-state index contributed by atoms with van der Waals surface area (Å²) in [6, 6.07) is 8.20. The van der Waals surface area contributed by atoms with Gasteiger partial charge in [0.15, 0.2) is 0 Å². The third kappa shape index (κ3) is 2.49. The average molecular weight is 252 g/mol. The number of ether oxygens (including phenoxy) is 1. The predicted octanol–water partition coefficient (Wildman–Crippen LogP) is 2.61. The van der Waals surface area contributed by atoms with Crippen molar-refractivity contribution in [3.8, 4) is 0 Å². The highest BCUT2D eigenvalue weighted by molar-refractivity contribution is 6.30. The Bertz CT molecular complexity index is 382. The smallest absolute Gasteiger partial charge is 0.0587 e. The molecule has 1 heterocycles. The molecule has 1 aliphatic heterocycles. The SMILES string of the molecule is Clc1ccc(C2(COCC3CC3)CNC2)cc1. The summed E-state index contributed by atoms with van der Waals surface area (Å²) in [7, 11) is 0. The zero-order valence-corrected chi connectivity index (χ0v) is 10.7. The maximum Gasteiger partial charge on any atom is 0.0587 e. The Morgan fingerprint density at radius 1 is 1.24 bits per heavy atom. The number of rotatable bonds is 5. The largest absolute Gasteiger partial charge is 0.380 e. The molecule has 2 aliphatic rings. The number of halogens is 1. The fourth-order valence-electron chi connectivity index (χ4n) is 2.33. The van der Waals surface area contributed by atoms with E-state index in [1.807, 2.05) is 12.1 Å². The number of hydrogen-bond acceptors (Lipinski definition) is 2. The second-order valence-corrected chi connectivity index (χ2v) is 5.79. The van der Waals surface area contributed by atoms with Gasteiger partial charge >= 0.3 is 0 Å². The zero-order chi connectivity index (χ0) is 11.7. The molecule has 0 radical (unpaired) electrons. The molecule has 1 aromatic rings. The van der Waals surface area contributed by atoms with Gasteiger partial charge in [0.05, 0.1) is 6.61 Å². The highest BCUT2D eigenvalue weighted by atomic mass is 35.5. The van der Waals surface area contributed by atoms with Crippen LogP contribution >= 0.6 is 11.6 Å². The molecule has 0 spiro atoms. The fraction of sp³-hybridized carbons (Fsp3) is 0.571. The number of benzene rings is 1. The van der Waals surface area contributed by atoms with E-state index in [0.717, 1.165) is 37.2 Å². The lowest BCUT2D eigenvalue weighted by Gasteiger charge is -2.43. The van der Waals surface area contributed by atoms with Crippen LogP contribution in [0.1, 0.15) is 18.4 Å². The molecule has 1 N–H and O–H groups in total. The molecule has 0 aromatic heterocycles. The molecule has 3 heteroatoms. The van der Waals surface area contributed by atoms with Crippen LogP contribution in [0.2, 0.25) is 5.02 Å². The van der Waals surface area contributed by atoms with Gasteiger partial charge in [-0.2, -0.15) is 0 Å². The van der Waals surface area contributed by atoms with E-state index in [1.165, 1.54) is 18.4 Å². The molecule has 0 unspecified atom stereocenters. The van der Waals surface area contributed by atoms with Gasteiger partial charge in [-0.3, -0.25) is 0 Å². The molecular weight excluding hydrogens is 234 g/mol. The van der Waals surface area contributed by atoms with Gasteiger partial charge in [0.1, 0.15) is 0 Å². The predicted molar refractivity (Wildman–Crippen MR) is 69.5 cm³/mol. The Morgan fingerprint density at radius 3 is 2.47 bits per heavy atom. The zero-order valence-electron chi connectivity index (χ0n) is 9.92. The molecule has 1 saturated heterocycles. The highest BCUT2D eigenvalue weighted by Gasteiger charge is 2.39. The van der Waals surface area contributed by atoms with Gasteiger partial charge in [-0.25, -0.2) is 0 Å². The van der Waals surface area contributed by atoms with Crippen LogP contribution in [-0.4, -0.2) is 26.3 Å². The van der Waals surface area contributed by atoms with Crippen molar-refractivity contribution in [3.05, 3.63) is 34.9 Å². The van der Waals surface area contributed by atoms with Crippen molar-refractivity contribution in [1.29, 1.82) is 0 Å². The van der Waals surface area contributed by atoms with Crippen molar-refractivity contribution < 1.29 is 4.74 Å². The average Bonchev–Trinajstić information content (AvgIpc) is 3.08. The standard InChI is InChI=1S/C14H18ClNO/c15-13-5-3-12(4-6-13)14(8-16-9-14)10-17-7-11-1-2-11/h3-6,11,16H,1-2,7-10H2. The van der Waals surface area contributed by atoms with Crippen LogP contribution in [0, 0.1) is 5.92 Å². The van der Waals surface area contributed by atoms with Crippen LogP contribution in [0.15, 0.2) is 24.3 Å². The van der Waals surface area contributed by atoms with E-state index >= 15 is 0 Å². The molecule has 92 valence electrons. The normalized spacial score (nSPS) is 22.2. The van der Waals surface area contributed by atoms with E-state index in [1.54, 1.807) is 0 Å². The van der Waals surface area contributed by atoms with E-state index in [4.69, 9.17) is 16.3 Å². The first-order chi connectivity index (χ1) is 8.28. The fourth-order valence-corrected chi connectivity index (χ4v) is 2.45. The summed E-state index contributed by atoms with van der Waals surface area (Å²) < 4.78 is 5.88. The lowest BCUT2D eigenvalue weighted by Crippen LogP contribution is -2.59. The molecule has 2 nitrogen and oxygen atoms in total. The van der Waals surface area contributed by atoms with Crippen LogP contribution in [0.3, 0.4) is 0 Å². The molecule has 0 amide bonds. The van der Waals surface area contributed by atoms with Gasteiger partial charge in [0.25, 0.3) is 0 Å². The van der Waals surface area contributed by atoms with Gasteiger partial charge < -0.3 is 10.1 Å². The van der Waals surface area contributed by atoms with Crippen molar-refractivity contribution in [2.75, 3.05) is 26.3 Å². The van der Waals surface area contributed by atoms with Crippen LogP contribution < -0.4 is 5.32 Å². The quantitative estimate of drug-likeness (QED) is 0.869. The van der Waals surface area contributed by atoms with Crippen molar-refractivity contribution in [1.82, 2.24) is 5.32 Å². The molecule has 2 fully saturated rings. The molecular formula is C14H18ClNO. The Hall–Kier alpha value is -0.570. The van der Waals surface area contributed by atoms with Gasteiger partial charge in [0.2, 0.25) is 0 Å². The minimum atomic E-state index is 0.180. The topological polar surface area (TPSA) is 21.3 Å². The summed E-state index contributed by atoms with van der Waals surface area (Å²) in [5, 5.41) is 4.16. The summed E-state index contributed by atoms with van der Waals surface area (Å²) in [5.41, 5.74) is 1.52. The highest BCUT2D eigenvalue weighted by Crippen LogP contribution is 2.32. The molecule has 1 aromatic carbocycles. The Balaban J connectivity index is 1.65. The van der Waals surface area contributed by atoms with Crippen LogP contribution in [0.4, 0.5) is 0 Å². The maximum atomic E-state index is 5.93. The molecule has 17 heavy (non-hydrogen) atoms. The van der Waals surface area contributed by atoms with Crippen LogP contribution in [0.5, 0.6) is 0 Å². The first-order valence-corrected chi connectivity index (χ1v) is 6.71. The first-order valence-electron chi connectivity index (χ1n) is 6.33. The van der Waals surface area contributed by atoms with Crippen LogP contribution in [0.25, 0.3) is 0 Å². The second kappa shape index (κ2) is 4.60. The van der Waals surface area contributed by atoms with E-state index < -0.39 is 0 Å². The van der Waals surface area contributed by atoms with Gasteiger partial charge in [-0.05, 0) is 36.5 Å². The van der Waals surface area contributed by atoms with Gasteiger partial charge in [-0.1, -0.05) is 23.7 Å². The number of nitrogens with one attached hydrogen (secondary N) is 1. The summed E-state index contributed by atoms with van der Waals surface area (Å²) in [6.45, 7) is 3.80. The third-order valence-electron chi connectivity index (χ3n) is 3.81. The van der Waals surface area contributed by atoms with Crippen molar-refractivity contribution in [3.63, 3.8) is 0 Å². The molecule has 1 saturated carbocycles. The van der Waals surface area contributed by atoms with E-state index in [-0.39, 0.29) is 5.41 Å². The Kier molecular flexibility index (Phi) is 3.12. The Labute approximate surface area is 107 Å². The summed E-state index contributed by atoms with van der Waals surface area (Å²) in [5.74, 6) is 0.838. The number of hydrogen-bond donors (Lipinski definition) is 1. The lowest BCUT2D eigenvalue weighted by atomic mass is 9.76. The van der Waals surface area contributed by atoms with Crippen LogP contribution in [-0.2, 0) is 10.2 Å². The molecule has 1 aliphatic carbocycles. The molecule has 0 atom stereocenters. The summed E-state index contributed by atoms with van der Waals surface area (Å²) >= 11 is 5.93. The van der Waals surface area contributed by atoms with Gasteiger partial charge in [0, 0.05) is 30.1 Å². The minimum Gasteiger partial charge on any atom is -0.380 e. The second-order valence-electron chi connectivity index (χ2n) is 5.35. The minimum absolute atomic E-state index is 0.180. The van der Waals surface area contributed by atoms with Gasteiger partial charge in [-0.15, -0.1) is 0 Å². The summed E-state index contributed by atoms with van der Waals surface area (Å²) in [6.07, 6.45) is 2.71. The van der Waals surface area contributed by atoms with Crippen molar-refractivity contribution in [2.45, 2.75) is 18.3 Å². The molecule has 0 bridgehead atoms. The lowest BCUT2D eigenvalue weighted by molar-refractivity contribution is 0.0515. The maximum absolute atomic E-state index is 5.93. The van der Waals surface area contributed by atoms with E-state index in [9.17, 15) is 0 Å². The summed E-state index contributed by atoms with van der Waals surface area (Å²) in [4.78, 5) is 0. The Morgan fingerprint density at radius 2 is 1.94 bits per heavy atom. The molecule has 3 rings (SSSR count). The first kappa shape index (κ1) is 11.5. The van der Waals surface area contributed by atoms with E-state index in [2.05, 4.69) is 17.4 Å². The van der Waals surface area contributed by atoms with E-state index in [0.29, 0.717) is 0 Å². The monoisotopic (exact) mass is 251 g/mol. The third-order valence-corrected chi connectivity index (χ3v) is 4.06.